The molecule has 1 rings (SSSR count). The number of nitrogens with zero attached hydrogens (tertiary/aromatic N) is 1. The average molecular weight is 259 g/mol. The molecule has 1 aromatic rings. The maximum atomic E-state index is 10.7. The van der Waals surface area contributed by atoms with E-state index >= 15 is 0 Å². The van der Waals surface area contributed by atoms with E-state index in [9.17, 15) is 10.1 Å². The molecule has 0 heterocycles. The van der Waals surface area contributed by atoms with Gasteiger partial charge in [-0.05, 0) is 25.5 Å². The topological polar surface area (TPSA) is 64.4 Å². The SMILES string of the molecule is COCC(C)Nc1cc(Cl)c([N+](=O)[O-])cc1C. The lowest BCUT2D eigenvalue weighted by Crippen LogP contribution is -2.21. The molecule has 0 saturated carbocycles. The van der Waals surface area contributed by atoms with E-state index in [-0.39, 0.29) is 16.8 Å². The molecule has 1 atom stereocenters. The van der Waals surface area contributed by atoms with Gasteiger partial charge in [0.2, 0.25) is 0 Å². The van der Waals surface area contributed by atoms with Gasteiger partial charge in [-0.15, -0.1) is 0 Å². The van der Waals surface area contributed by atoms with E-state index in [1.807, 2.05) is 6.92 Å². The van der Waals surface area contributed by atoms with Crippen LogP contribution in [0, 0.1) is 17.0 Å². The lowest BCUT2D eigenvalue weighted by atomic mass is 10.1. The quantitative estimate of drug-likeness (QED) is 0.651. The molecule has 17 heavy (non-hydrogen) atoms. The number of nitro benzene ring substituents is 1. The summed E-state index contributed by atoms with van der Waals surface area (Å²) in [4.78, 5) is 10.2. The lowest BCUT2D eigenvalue weighted by molar-refractivity contribution is -0.384. The summed E-state index contributed by atoms with van der Waals surface area (Å²) in [5, 5.41) is 14.0. The Kier molecular flexibility index (Phi) is 4.72. The molecule has 0 aromatic heterocycles. The predicted molar refractivity (Wildman–Crippen MR) is 67.8 cm³/mol. The molecule has 0 bridgehead atoms. The Balaban J connectivity index is 2.95. The first-order valence-electron chi connectivity index (χ1n) is 5.15. The van der Waals surface area contributed by atoms with Crippen LogP contribution in [0.25, 0.3) is 0 Å². The van der Waals surface area contributed by atoms with Gasteiger partial charge in [-0.2, -0.15) is 0 Å². The molecule has 5 nitrogen and oxygen atoms in total. The van der Waals surface area contributed by atoms with Crippen molar-refractivity contribution in [3.05, 3.63) is 32.8 Å². The summed E-state index contributed by atoms with van der Waals surface area (Å²) < 4.78 is 5.00. The zero-order valence-electron chi connectivity index (χ0n) is 9.99. The summed E-state index contributed by atoms with van der Waals surface area (Å²) >= 11 is 5.84. The van der Waals surface area contributed by atoms with Crippen molar-refractivity contribution >= 4 is 23.0 Å². The van der Waals surface area contributed by atoms with Gasteiger partial charge in [0.1, 0.15) is 5.02 Å². The summed E-state index contributed by atoms with van der Waals surface area (Å²) in [6, 6.07) is 3.14. The second-order valence-corrected chi connectivity index (χ2v) is 4.28. The van der Waals surface area contributed by atoms with E-state index in [0.717, 1.165) is 11.3 Å². The molecule has 1 aromatic carbocycles. The Morgan fingerprint density at radius 2 is 2.24 bits per heavy atom. The zero-order valence-corrected chi connectivity index (χ0v) is 10.7. The second kappa shape index (κ2) is 5.84. The van der Waals surface area contributed by atoms with E-state index in [1.165, 1.54) is 6.07 Å². The van der Waals surface area contributed by atoms with Crippen LogP contribution in [-0.2, 0) is 4.74 Å². The second-order valence-electron chi connectivity index (χ2n) is 3.88. The Morgan fingerprint density at radius 1 is 1.59 bits per heavy atom. The molecule has 0 aliphatic heterocycles. The molecule has 0 spiro atoms. The van der Waals surface area contributed by atoms with Crippen LogP contribution >= 0.6 is 11.6 Å². The van der Waals surface area contributed by atoms with Crippen LogP contribution in [0.1, 0.15) is 12.5 Å². The van der Waals surface area contributed by atoms with Crippen LogP contribution in [0.3, 0.4) is 0 Å². The molecule has 0 amide bonds. The summed E-state index contributed by atoms with van der Waals surface area (Å²) in [5.41, 5.74) is 1.49. The third-order valence-electron chi connectivity index (χ3n) is 2.31. The van der Waals surface area contributed by atoms with Gasteiger partial charge in [-0.3, -0.25) is 10.1 Å². The Bertz CT molecular complexity index is 423. The molecule has 0 aliphatic carbocycles. The van der Waals surface area contributed by atoms with Gasteiger partial charge in [-0.1, -0.05) is 11.6 Å². The molecule has 0 radical (unpaired) electrons. The van der Waals surface area contributed by atoms with E-state index in [4.69, 9.17) is 16.3 Å². The Hall–Kier alpha value is -1.33. The van der Waals surface area contributed by atoms with Crippen LogP contribution in [-0.4, -0.2) is 24.7 Å². The smallest absolute Gasteiger partial charge is 0.288 e. The molecular formula is C11H15ClN2O3. The molecule has 0 fully saturated rings. The number of hydrogen-bond acceptors (Lipinski definition) is 4. The van der Waals surface area contributed by atoms with Crippen molar-refractivity contribution < 1.29 is 9.66 Å². The number of rotatable bonds is 5. The highest BCUT2D eigenvalue weighted by Crippen LogP contribution is 2.30. The molecule has 0 saturated heterocycles. The molecule has 1 unspecified atom stereocenters. The number of benzene rings is 1. The number of methoxy groups -OCH3 is 1. The summed E-state index contributed by atoms with van der Waals surface area (Å²) in [6.07, 6.45) is 0. The number of halogens is 1. The van der Waals surface area contributed by atoms with Crippen LogP contribution in [0.15, 0.2) is 12.1 Å². The van der Waals surface area contributed by atoms with Gasteiger partial charge >= 0.3 is 0 Å². The number of nitro groups is 1. The fraction of sp³-hybridized carbons (Fsp3) is 0.455. The zero-order chi connectivity index (χ0) is 13.0. The number of ether oxygens (including phenoxy) is 1. The first kappa shape index (κ1) is 13.7. The predicted octanol–water partition coefficient (Wildman–Crippen LogP) is 3.00. The summed E-state index contributed by atoms with van der Waals surface area (Å²) in [7, 11) is 1.62. The highest BCUT2D eigenvalue weighted by molar-refractivity contribution is 6.33. The lowest BCUT2D eigenvalue weighted by Gasteiger charge is -2.16. The van der Waals surface area contributed by atoms with Crippen LogP contribution in [0.5, 0.6) is 0 Å². The molecule has 94 valence electrons. The highest BCUT2D eigenvalue weighted by Gasteiger charge is 2.15. The molecule has 1 N–H and O–H groups in total. The van der Waals surface area contributed by atoms with Crippen molar-refractivity contribution in [3.8, 4) is 0 Å². The van der Waals surface area contributed by atoms with Gasteiger partial charge in [0, 0.05) is 24.9 Å². The minimum absolute atomic E-state index is 0.0749. The summed E-state index contributed by atoms with van der Waals surface area (Å²) in [6.45, 7) is 4.30. The van der Waals surface area contributed by atoms with Crippen molar-refractivity contribution in [2.24, 2.45) is 0 Å². The maximum Gasteiger partial charge on any atom is 0.288 e. The number of aryl methyl sites for hydroxylation is 1. The van der Waals surface area contributed by atoms with Gasteiger partial charge in [0.15, 0.2) is 0 Å². The third kappa shape index (κ3) is 3.57. The van der Waals surface area contributed by atoms with Crippen LogP contribution in [0.4, 0.5) is 11.4 Å². The van der Waals surface area contributed by atoms with Crippen molar-refractivity contribution in [2.45, 2.75) is 19.9 Å². The largest absolute Gasteiger partial charge is 0.383 e. The minimum atomic E-state index is -0.488. The summed E-state index contributed by atoms with van der Waals surface area (Å²) in [5.74, 6) is 0. The maximum absolute atomic E-state index is 10.7. The van der Waals surface area contributed by atoms with Crippen molar-refractivity contribution in [2.75, 3.05) is 19.0 Å². The normalized spacial score (nSPS) is 12.2. The van der Waals surface area contributed by atoms with Crippen molar-refractivity contribution in [3.63, 3.8) is 0 Å². The van der Waals surface area contributed by atoms with Gasteiger partial charge in [0.25, 0.3) is 5.69 Å². The monoisotopic (exact) mass is 258 g/mol. The average Bonchev–Trinajstić information content (AvgIpc) is 2.22. The van der Waals surface area contributed by atoms with Crippen molar-refractivity contribution in [1.82, 2.24) is 0 Å². The van der Waals surface area contributed by atoms with Crippen LogP contribution in [0.2, 0.25) is 5.02 Å². The standard InChI is InChI=1S/C11H15ClN2O3/c1-7-4-11(14(15)16)9(12)5-10(7)13-8(2)6-17-3/h4-5,8,13H,6H2,1-3H3. The highest BCUT2D eigenvalue weighted by atomic mass is 35.5. The fourth-order valence-corrected chi connectivity index (χ4v) is 1.75. The molecule has 6 heteroatoms. The fourth-order valence-electron chi connectivity index (χ4n) is 1.52. The van der Waals surface area contributed by atoms with Gasteiger partial charge in [-0.25, -0.2) is 0 Å². The van der Waals surface area contributed by atoms with E-state index in [2.05, 4.69) is 5.32 Å². The first-order chi connectivity index (χ1) is 7.95. The van der Waals surface area contributed by atoms with Gasteiger partial charge < -0.3 is 10.1 Å². The first-order valence-corrected chi connectivity index (χ1v) is 5.53. The van der Waals surface area contributed by atoms with Crippen LogP contribution < -0.4 is 5.32 Å². The molecular weight excluding hydrogens is 244 g/mol. The number of hydrogen-bond donors (Lipinski definition) is 1. The van der Waals surface area contributed by atoms with E-state index < -0.39 is 4.92 Å². The number of anilines is 1. The Morgan fingerprint density at radius 3 is 2.76 bits per heavy atom. The number of nitrogens with one attached hydrogen (secondary N) is 1. The minimum Gasteiger partial charge on any atom is -0.383 e. The van der Waals surface area contributed by atoms with Gasteiger partial charge in [0.05, 0.1) is 11.5 Å². The van der Waals surface area contributed by atoms with E-state index in [1.54, 1.807) is 20.1 Å². The van der Waals surface area contributed by atoms with E-state index in [0.29, 0.717) is 6.61 Å². The Labute approximate surface area is 105 Å². The molecule has 0 aliphatic rings. The third-order valence-corrected chi connectivity index (χ3v) is 2.61. The van der Waals surface area contributed by atoms with Crippen molar-refractivity contribution in [1.29, 1.82) is 0 Å².